The van der Waals surface area contributed by atoms with Crippen LogP contribution in [-0.2, 0) is 6.18 Å². The number of carboxylic acids is 1. The van der Waals surface area contributed by atoms with Crippen LogP contribution in [0, 0.1) is 0 Å². The molecule has 9 heteroatoms. The fourth-order valence-corrected chi connectivity index (χ4v) is 3.21. The van der Waals surface area contributed by atoms with Gasteiger partial charge in [0, 0.05) is 16.5 Å². The van der Waals surface area contributed by atoms with Gasteiger partial charge in [-0.1, -0.05) is 23.4 Å². The molecule has 0 aliphatic rings. The lowest BCUT2D eigenvalue weighted by atomic mass is 10.3. The highest BCUT2D eigenvalue weighted by atomic mass is 35.5. The second kappa shape index (κ2) is 5.63. The van der Waals surface area contributed by atoms with Crippen molar-refractivity contribution in [1.29, 1.82) is 0 Å². The Balaban J connectivity index is 2.23. The van der Waals surface area contributed by atoms with Gasteiger partial charge in [0.05, 0.1) is 10.6 Å². The number of alkyl halides is 3. The van der Waals surface area contributed by atoms with Gasteiger partial charge < -0.3 is 5.11 Å². The number of aromatic nitrogens is 1. The Morgan fingerprint density at radius 2 is 2.10 bits per heavy atom. The summed E-state index contributed by atoms with van der Waals surface area (Å²) in [6, 6.07) is 2.20. The molecule has 0 saturated heterocycles. The van der Waals surface area contributed by atoms with Crippen molar-refractivity contribution in [3.63, 3.8) is 0 Å². The maximum atomic E-state index is 12.4. The quantitative estimate of drug-likeness (QED) is 0.883. The van der Waals surface area contributed by atoms with Gasteiger partial charge in [0.1, 0.15) is 9.90 Å². The number of carbonyl (C=O) groups is 1. The molecule has 2 aromatic rings. The van der Waals surface area contributed by atoms with Gasteiger partial charge in [0.2, 0.25) is 0 Å². The lowest BCUT2D eigenvalue weighted by molar-refractivity contribution is -0.137. The molecule has 20 heavy (non-hydrogen) atoms. The van der Waals surface area contributed by atoms with Crippen molar-refractivity contribution in [1.82, 2.24) is 4.98 Å². The normalized spacial score (nSPS) is 11.6. The Kier molecular flexibility index (Phi) is 4.26. The summed E-state index contributed by atoms with van der Waals surface area (Å²) in [4.78, 5) is 15.1. The van der Waals surface area contributed by atoms with Gasteiger partial charge in [0.25, 0.3) is 0 Å². The Morgan fingerprint density at radius 1 is 1.40 bits per heavy atom. The number of hydrogen-bond donors (Lipinski definition) is 1. The Bertz CT molecular complexity index is 657. The number of carboxylic acid groups (broad SMARTS) is 1. The van der Waals surface area contributed by atoms with Crippen LogP contribution in [0.1, 0.15) is 15.2 Å². The molecule has 0 aromatic carbocycles. The van der Waals surface area contributed by atoms with Crippen LogP contribution < -0.4 is 0 Å². The van der Waals surface area contributed by atoms with Crippen LogP contribution >= 0.6 is 34.7 Å². The zero-order valence-electron chi connectivity index (χ0n) is 9.44. The minimum Gasteiger partial charge on any atom is -0.477 e. The average Bonchev–Trinajstić information content (AvgIpc) is 2.79. The number of aromatic carboxylic acids is 1. The number of thiophene rings is 1. The lowest BCUT2D eigenvalue weighted by Crippen LogP contribution is -2.05. The van der Waals surface area contributed by atoms with E-state index in [1.165, 1.54) is 6.07 Å². The van der Waals surface area contributed by atoms with Gasteiger partial charge in [-0.05, 0) is 12.1 Å². The Morgan fingerprint density at radius 3 is 2.60 bits per heavy atom. The summed E-state index contributed by atoms with van der Waals surface area (Å²) < 4.78 is 37.3. The molecule has 0 atom stereocenters. The molecule has 0 spiro atoms. The van der Waals surface area contributed by atoms with Crippen LogP contribution in [0.2, 0.25) is 5.02 Å². The number of rotatable bonds is 3. The molecular formula is C11H5ClF3NO2S2. The Hall–Kier alpha value is -1.25. The molecule has 3 nitrogen and oxygen atoms in total. The fourth-order valence-electron chi connectivity index (χ4n) is 1.25. The van der Waals surface area contributed by atoms with Gasteiger partial charge in [-0.2, -0.15) is 13.2 Å². The van der Waals surface area contributed by atoms with Gasteiger partial charge in [-0.15, -0.1) is 11.3 Å². The fraction of sp³-hybridized carbons (Fsp3) is 0.0909. The maximum absolute atomic E-state index is 12.4. The second-order valence-electron chi connectivity index (χ2n) is 3.56. The lowest BCUT2D eigenvalue weighted by Gasteiger charge is -2.08. The standard InChI is InChI=1S/C11H5ClF3NO2S2/c12-7-1-5(11(13,14)15)3-16-9(7)20-6-2-8(10(17)18)19-4-6/h1-4H,(H,17,18). The molecule has 2 aromatic heterocycles. The van der Waals surface area contributed by atoms with Gasteiger partial charge in [-0.25, -0.2) is 9.78 Å². The third kappa shape index (κ3) is 3.44. The van der Waals surface area contributed by atoms with Crippen LogP contribution in [0.25, 0.3) is 0 Å². The number of hydrogen-bond acceptors (Lipinski definition) is 4. The highest BCUT2D eigenvalue weighted by Crippen LogP contribution is 2.37. The predicted molar refractivity (Wildman–Crippen MR) is 69.7 cm³/mol. The maximum Gasteiger partial charge on any atom is 0.417 e. The predicted octanol–water partition coefficient (Wildman–Crippen LogP) is 4.66. The van der Waals surface area contributed by atoms with Crippen molar-refractivity contribution in [3.05, 3.63) is 39.2 Å². The van der Waals surface area contributed by atoms with Gasteiger partial charge in [-0.3, -0.25) is 0 Å². The first-order valence-corrected chi connectivity index (χ1v) is 7.07. The van der Waals surface area contributed by atoms with Crippen LogP contribution in [0.5, 0.6) is 0 Å². The number of nitrogens with zero attached hydrogens (tertiary/aromatic N) is 1. The van der Waals surface area contributed by atoms with E-state index in [1.807, 2.05) is 0 Å². The van der Waals surface area contributed by atoms with E-state index in [0.29, 0.717) is 11.1 Å². The molecule has 0 bridgehead atoms. The van der Waals surface area contributed by atoms with E-state index in [1.54, 1.807) is 5.38 Å². The van der Waals surface area contributed by atoms with E-state index >= 15 is 0 Å². The minimum absolute atomic E-state index is 0.132. The summed E-state index contributed by atoms with van der Waals surface area (Å²) in [7, 11) is 0. The smallest absolute Gasteiger partial charge is 0.417 e. The van der Waals surface area contributed by atoms with E-state index in [2.05, 4.69) is 4.98 Å². The molecule has 106 valence electrons. The van der Waals surface area contributed by atoms with E-state index in [0.717, 1.165) is 29.2 Å². The third-order valence-electron chi connectivity index (χ3n) is 2.14. The first kappa shape index (κ1) is 15.1. The zero-order valence-corrected chi connectivity index (χ0v) is 11.8. The summed E-state index contributed by atoms with van der Waals surface area (Å²) in [5.74, 6) is -1.06. The van der Waals surface area contributed by atoms with Crippen molar-refractivity contribution in [2.45, 2.75) is 16.1 Å². The topological polar surface area (TPSA) is 50.2 Å². The highest BCUT2D eigenvalue weighted by Gasteiger charge is 2.31. The minimum atomic E-state index is -4.50. The van der Waals surface area contributed by atoms with E-state index in [9.17, 15) is 18.0 Å². The summed E-state index contributed by atoms with van der Waals surface area (Å²) in [6.45, 7) is 0. The number of pyridine rings is 1. The monoisotopic (exact) mass is 339 g/mol. The molecule has 0 amide bonds. The molecule has 0 aliphatic carbocycles. The summed E-state index contributed by atoms with van der Waals surface area (Å²) in [5, 5.41) is 10.4. The third-order valence-corrected chi connectivity index (χ3v) is 4.59. The van der Waals surface area contributed by atoms with Crippen LogP contribution in [0.15, 0.2) is 33.6 Å². The molecule has 0 aliphatic heterocycles. The van der Waals surface area contributed by atoms with Crippen LogP contribution in [0.4, 0.5) is 13.2 Å². The second-order valence-corrected chi connectivity index (χ2v) is 5.94. The molecule has 0 radical (unpaired) electrons. The van der Waals surface area contributed by atoms with Crippen molar-refractivity contribution in [3.8, 4) is 0 Å². The molecule has 1 N–H and O–H groups in total. The highest BCUT2D eigenvalue weighted by molar-refractivity contribution is 7.99. The molecular weight excluding hydrogens is 335 g/mol. The first-order valence-electron chi connectivity index (χ1n) is 5.00. The van der Waals surface area contributed by atoms with E-state index < -0.39 is 17.7 Å². The van der Waals surface area contributed by atoms with Gasteiger partial charge >= 0.3 is 12.1 Å². The summed E-state index contributed by atoms with van der Waals surface area (Å²) in [5.41, 5.74) is -0.927. The van der Waals surface area contributed by atoms with Crippen LogP contribution in [-0.4, -0.2) is 16.1 Å². The van der Waals surface area contributed by atoms with Gasteiger partial charge in [0.15, 0.2) is 0 Å². The largest absolute Gasteiger partial charge is 0.477 e. The SMILES string of the molecule is O=C(O)c1cc(Sc2ncc(C(F)(F)F)cc2Cl)cs1. The van der Waals surface area contributed by atoms with Crippen molar-refractivity contribution in [2.75, 3.05) is 0 Å². The molecule has 2 heterocycles. The summed E-state index contributed by atoms with van der Waals surface area (Å²) in [6.07, 6.45) is -3.81. The molecule has 2 rings (SSSR count). The molecule has 0 unspecified atom stereocenters. The van der Waals surface area contributed by atoms with Crippen molar-refractivity contribution in [2.24, 2.45) is 0 Å². The van der Waals surface area contributed by atoms with E-state index in [4.69, 9.17) is 16.7 Å². The first-order chi connectivity index (χ1) is 9.27. The van der Waals surface area contributed by atoms with Crippen molar-refractivity contribution >= 4 is 40.7 Å². The Labute approximate surface area is 124 Å². The molecule has 0 fully saturated rings. The average molecular weight is 340 g/mol. The van der Waals surface area contributed by atoms with Crippen LogP contribution in [0.3, 0.4) is 0 Å². The molecule has 0 saturated carbocycles. The number of halogens is 4. The summed E-state index contributed by atoms with van der Waals surface area (Å²) >= 11 is 7.79. The van der Waals surface area contributed by atoms with Crippen molar-refractivity contribution < 1.29 is 23.1 Å². The van der Waals surface area contributed by atoms with E-state index in [-0.39, 0.29) is 14.9 Å². The zero-order chi connectivity index (χ0) is 14.9.